The van der Waals surface area contributed by atoms with E-state index in [1.54, 1.807) is 0 Å². The van der Waals surface area contributed by atoms with E-state index in [1.807, 2.05) is 17.5 Å². The number of amides is 4. The molecule has 0 saturated carbocycles. The van der Waals surface area contributed by atoms with Crippen LogP contribution in [0.2, 0.25) is 0 Å². The van der Waals surface area contributed by atoms with E-state index in [1.165, 1.54) is 42.5 Å². The molecule has 0 unspecified atom stereocenters. The zero-order valence-electron chi connectivity index (χ0n) is 14.3. The second kappa shape index (κ2) is 7.16. The molecule has 3 rings (SSSR count). The molecule has 10 heteroatoms. The molecule has 1 aliphatic heterocycles. The van der Waals surface area contributed by atoms with Gasteiger partial charge in [-0.05, 0) is 36.1 Å². The Morgan fingerprint density at radius 2 is 2.00 bits per heavy atom. The summed E-state index contributed by atoms with van der Waals surface area (Å²) >= 11 is 1.49. The zero-order chi connectivity index (χ0) is 19.6. The molecule has 2 N–H and O–H groups in total. The average molecular weight is 388 g/mol. The third-order valence-electron chi connectivity index (χ3n) is 4.27. The second-order valence-corrected chi connectivity index (χ2v) is 7.14. The van der Waals surface area contributed by atoms with Crippen molar-refractivity contribution in [3.05, 3.63) is 62.3 Å². The largest absolute Gasteiger partial charge is 0.350 e. The van der Waals surface area contributed by atoms with Crippen molar-refractivity contribution >= 4 is 34.9 Å². The Morgan fingerprint density at radius 1 is 1.30 bits per heavy atom. The first kappa shape index (κ1) is 18.5. The number of nitro groups is 1. The fraction of sp³-hybridized carbons (Fsp3) is 0.235. The lowest BCUT2D eigenvalue weighted by atomic mass is 9.92. The van der Waals surface area contributed by atoms with Crippen LogP contribution in [0.1, 0.15) is 17.4 Å². The van der Waals surface area contributed by atoms with Gasteiger partial charge in [-0.1, -0.05) is 6.07 Å². The summed E-state index contributed by atoms with van der Waals surface area (Å²) in [4.78, 5) is 49.1. The van der Waals surface area contributed by atoms with Gasteiger partial charge in [-0.25, -0.2) is 4.79 Å². The summed E-state index contributed by atoms with van der Waals surface area (Å²) in [6.45, 7) is 1.41. The van der Waals surface area contributed by atoms with Crippen LogP contribution in [0.4, 0.5) is 10.5 Å². The van der Waals surface area contributed by atoms with Crippen LogP contribution in [-0.4, -0.2) is 34.2 Å². The fourth-order valence-corrected chi connectivity index (χ4v) is 3.40. The molecule has 1 atom stereocenters. The summed E-state index contributed by atoms with van der Waals surface area (Å²) < 4.78 is 0. The van der Waals surface area contributed by atoms with Gasteiger partial charge < -0.3 is 10.6 Å². The summed E-state index contributed by atoms with van der Waals surface area (Å²) in [6.07, 6.45) is 0. The molecule has 1 fully saturated rings. The van der Waals surface area contributed by atoms with Crippen molar-refractivity contribution in [3.63, 3.8) is 0 Å². The lowest BCUT2D eigenvalue weighted by Gasteiger charge is -2.22. The molecule has 140 valence electrons. The molecule has 4 amide bonds. The number of nitrogens with one attached hydrogen (secondary N) is 2. The van der Waals surface area contributed by atoms with Gasteiger partial charge in [0.1, 0.15) is 12.1 Å². The topological polar surface area (TPSA) is 122 Å². The Kier molecular flexibility index (Phi) is 4.91. The predicted octanol–water partition coefficient (Wildman–Crippen LogP) is 1.74. The number of nitro benzene ring substituents is 1. The Labute approximate surface area is 158 Å². The van der Waals surface area contributed by atoms with E-state index in [4.69, 9.17) is 0 Å². The first-order chi connectivity index (χ1) is 12.8. The number of carbonyl (C=O) groups is 3. The van der Waals surface area contributed by atoms with Crippen molar-refractivity contribution in [2.45, 2.75) is 19.0 Å². The molecule has 1 aliphatic rings. The lowest BCUT2D eigenvalue weighted by molar-refractivity contribution is -0.384. The van der Waals surface area contributed by atoms with Gasteiger partial charge in [0.25, 0.3) is 11.6 Å². The molecule has 0 bridgehead atoms. The van der Waals surface area contributed by atoms with Crippen molar-refractivity contribution < 1.29 is 19.3 Å². The van der Waals surface area contributed by atoms with E-state index in [-0.39, 0.29) is 5.69 Å². The van der Waals surface area contributed by atoms with Crippen molar-refractivity contribution in [2.75, 3.05) is 6.54 Å². The molecule has 0 spiro atoms. The maximum absolute atomic E-state index is 12.8. The molecule has 0 aliphatic carbocycles. The highest BCUT2D eigenvalue weighted by Crippen LogP contribution is 2.29. The first-order valence-corrected chi connectivity index (χ1v) is 8.87. The van der Waals surface area contributed by atoms with Gasteiger partial charge in [-0.3, -0.25) is 24.6 Å². The Morgan fingerprint density at radius 3 is 2.59 bits per heavy atom. The molecular weight excluding hydrogens is 372 g/mol. The SMILES string of the molecule is C[C@@]1(c2ccc([N+](=O)[O-])cc2)NC(=O)N(CC(=O)NCc2cccs2)C1=O. The van der Waals surface area contributed by atoms with Crippen molar-refractivity contribution in [2.24, 2.45) is 0 Å². The number of rotatable bonds is 6. The third-order valence-corrected chi connectivity index (χ3v) is 5.15. The number of nitrogens with zero attached hydrogens (tertiary/aromatic N) is 2. The Hall–Kier alpha value is -3.27. The van der Waals surface area contributed by atoms with Gasteiger partial charge in [0.05, 0.1) is 11.5 Å². The van der Waals surface area contributed by atoms with Crippen LogP contribution in [0, 0.1) is 10.1 Å². The quantitative estimate of drug-likeness (QED) is 0.443. The highest BCUT2D eigenvalue weighted by atomic mass is 32.1. The van der Waals surface area contributed by atoms with E-state index in [0.717, 1.165) is 9.78 Å². The van der Waals surface area contributed by atoms with Gasteiger partial charge in [0.15, 0.2) is 0 Å². The number of benzene rings is 1. The summed E-state index contributed by atoms with van der Waals surface area (Å²) in [6, 6.07) is 8.39. The van der Waals surface area contributed by atoms with Gasteiger partial charge in [0.2, 0.25) is 5.91 Å². The highest BCUT2D eigenvalue weighted by molar-refractivity contribution is 7.09. The van der Waals surface area contributed by atoms with Gasteiger partial charge in [0, 0.05) is 17.0 Å². The number of hydrogen-bond donors (Lipinski definition) is 2. The van der Waals surface area contributed by atoms with Crippen LogP contribution in [0.5, 0.6) is 0 Å². The van der Waals surface area contributed by atoms with E-state index in [0.29, 0.717) is 12.1 Å². The number of carbonyl (C=O) groups excluding carboxylic acids is 3. The molecule has 9 nitrogen and oxygen atoms in total. The lowest BCUT2D eigenvalue weighted by Crippen LogP contribution is -2.43. The molecule has 27 heavy (non-hydrogen) atoms. The summed E-state index contributed by atoms with van der Waals surface area (Å²) in [5, 5.41) is 17.9. The van der Waals surface area contributed by atoms with Crippen molar-refractivity contribution in [1.29, 1.82) is 0 Å². The molecule has 1 saturated heterocycles. The fourth-order valence-electron chi connectivity index (χ4n) is 2.75. The maximum atomic E-state index is 12.8. The normalized spacial score (nSPS) is 19.1. The number of thiophene rings is 1. The summed E-state index contributed by atoms with van der Waals surface area (Å²) in [5.74, 6) is -1.05. The standard InChI is InChI=1S/C17H16N4O5S/c1-17(11-4-6-12(7-5-11)21(25)26)15(23)20(16(24)19-17)10-14(22)18-9-13-3-2-8-27-13/h2-8H,9-10H2,1H3,(H,18,22)(H,19,24)/t17-/m0/s1. The molecular formula is C17H16N4O5S. The molecule has 0 radical (unpaired) electrons. The van der Waals surface area contributed by atoms with Crippen LogP contribution in [-0.2, 0) is 21.7 Å². The average Bonchev–Trinajstić information content (AvgIpc) is 3.23. The smallest absolute Gasteiger partial charge is 0.325 e. The van der Waals surface area contributed by atoms with E-state index in [2.05, 4.69) is 10.6 Å². The minimum absolute atomic E-state index is 0.121. The Bertz CT molecular complexity index is 897. The van der Waals surface area contributed by atoms with Gasteiger partial charge in [-0.2, -0.15) is 0 Å². The van der Waals surface area contributed by atoms with Crippen molar-refractivity contribution in [3.8, 4) is 0 Å². The van der Waals surface area contributed by atoms with Gasteiger partial charge in [-0.15, -0.1) is 11.3 Å². The monoisotopic (exact) mass is 388 g/mol. The molecule has 1 aromatic heterocycles. The Balaban J connectivity index is 1.69. The van der Waals surface area contributed by atoms with E-state index in [9.17, 15) is 24.5 Å². The first-order valence-electron chi connectivity index (χ1n) is 7.99. The molecule has 2 heterocycles. The van der Waals surface area contributed by atoms with Crippen molar-refractivity contribution in [1.82, 2.24) is 15.5 Å². The second-order valence-electron chi connectivity index (χ2n) is 6.11. The van der Waals surface area contributed by atoms with Crippen LogP contribution in [0.25, 0.3) is 0 Å². The predicted molar refractivity (Wildman–Crippen MR) is 96.9 cm³/mol. The maximum Gasteiger partial charge on any atom is 0.325 e. The summed E-state index contributed by atoms with van der Waals surface area (Å²) in [7, 11) is 0. The highest BCUT2D eigenvalue weighted by Gasteiger charge is 2.49. The number of urea groups is 1. The number of non-ortho nitro benzene ring substituents is 1. The summed E-state index contributed by atoms with van der Waals surface area (Å²) in [5.41, 5.74) is -1.11. The van der Waals surface area contributed by atoms with Crippen LogP contribution in [0.15, 0.2) is 41.8 Å². The minimum atomic E-state index is -1.39. The van der Waals surface area contributed by atoms with Gasteiger partial charge >= 0.3 is 6.03 Å². The number of imide groups is 1. The minimum Gasteiger partial charge on any atom is -0.350 e. The van der Waals surface area contributed by atoms with E-state index >= 15 is 0 Å². The van der Waals surface area contributed by atoms with Crippen LogP contribution in [0.3, 0.4) is 0 Å². The molecule has 1 aromatic carbocycles. The molecule has 2 aromatic rings. The number of hydrogen-bond acceptors (Lipinski definition) is 6. The van der Waals surface area contributed by atoms with E-state index < -0.39 is 34.9 Å². The third kappa shape index (κ3) is 3.65. The van der Waals surface area contributed by atoms with Crippen LogP contribution < -0.4 is 10.6 Å². The zero-order valence-corrected chi connectivity index (χ0v) is 15.1. The van der Waals surface area contributed by atoms with Crippen LogP contribution >= 0.6 is 11.3 Å².